The minimum absolute atomic E-state index is 0.119. The van der Waals surface area contributed by atoms with Crippen LogP contribution in [0.1, 0.15) is 5.56 Å². The molecule has 2 unspecified atom stereocenters. The first-order valence-corrected chi connectivity index (χ1v) is 8.06. The molecular weight excluding hydrogens is 311 g/mol. The lowest BCUT2D eigenvalue weighted by Gasteiger charge is -2.40. The van der Waals surface area contributed by atoms with Crippen LogP contribution in [0.3, 0.4) is 0 Å². The van der Waals surface area contributed by atoms with Gasteiger partial charge in [0.25, 0.3) is 5.91 Å². The Hall–Kier alpha value is -0.800. The Morgan fingerprint density at radius 2 is 2.24 bits per heavy atom. The largest absolute Gasteiger partial charge is 0.293 e. The number of thioether (sulfide) groups is 1. The molecule has 0 saturated carbocycles. The van der Waals surface area contributed by atoms with E-state index in [1.165, 1.54) is 12.1 Å². The predicted octanol–water partition coefficient (Wildman–Crippen LogP) is 0.836. The topological polar surface area (TPSA) is 61.6 Å². The van der Waals surface area contributed by atoms with E-state index in [4.69, 9.17) is 5.84 Å². The molecule has 2 atom stereocenters. The van der Waals surface area contributed by atoms with Crippen LogP contribution in [0.4, 0.5) is 4.39 Å². The zero-order valence-corrected chi connectivity index (χ0v) is 13.4. The van der Waals surface area contributed by atoms with E-state index in [2.05, 4.69) is 18.1 Å². The highest BCUT2D eigenvalue weighted by Gasteiger charge is 2.31. The van der Waals surface area contributed by atoms with Crippen molar-refractivity contribution in [3.05, 3.63) is 35.6 Å². The monoisotopic (exact) mass is 330 g/mol. The van der Waals surface area contributed by atoms with E-state index in [1.807, 2.05) is 16.8 Å². The van der Waals surface area contributed by atoms with Crippen LogP contribution in [0.25, 0.3) is 0 Å². The van der Waals surface area contributed by atoms with Crippen molar-refractivity contribution in [2.75, 3.05) is 19.6 Å². The normalized spacial score (nSPS) is 22.0. The lowest BCUT2D eigenvalue weighted by Crippen LogP contribution is -2.55. The first-order chi connectivity index (χ1) is 10.0. The average Bonchev–Trinajstić information content (AvgIpc) is 2.49. The number of halogens is 1. The number of carbonyl (C=O) groups is 1. The summed E-state index contributed by atoms with van der Waals surface area (Å²) in [6.07, 6.45) is 0.481. The van der Waals surface area contributed by atoms with Gasteiger partial charge in [0.2, 0.25) is 0 Å². The molecule has 1 heterocycles. The SMILES string of the molecule is CN1CN(C(Cc2ccc(F)cc2)C(=O)NN)CSC1S. The van der Waals surface area contributed by atoms with Crippen LogP contribution in [-0.4, -0.2) is 46.0 Å². The molecule has 0 aliphatic carbocycles. The fraction of sp³-hybridized carbons (Fsp3) is 0.462. The molecule has 1 fully saturated rings. The molecule has 5 nitrogen and oxygen atoms in total. The summed E-state index contributed by atoms with van der Waals surface area (Å²) in [5.74, 6) is 5.46. The molecule has 2 rings (SSSR count). The second-order valence-corrected chi connectivity index (χ2v) is 6.84. The van der Waals surface area contributed by atoms with Gasteiger partial charge in [0.1, 0.15) is 10.5 Å². The summed E-state index contributed by atoms with van der Waals surface area (Å²) in [6.45, 7) is 0.625. The van der Waals surface area contributed by atoms with E-state index in [1.54, 1.807) is 23.9 Å². The summed E-state index contributed by atoms with van der Waals surface area (Å²) in [6, 6.07) is 5.78. The maximum absolute atomic E-state index is 13.0. The van der Waals surface area contributed by atoms with E-state index in [0.29, 0.717) is 19.0 Å². The molecular formula is C13H19FN4OS2. The van der Waals surface area contributed by atoms with Gasteiger partial charge in [-0.3, -0.25) is 20.0 Å². The van der Waals surface area contributed by atoms with E-state index in [9.17, 15) is 9.18 Å². The highest BCUT2D eigenvalue weighted by molar-refractivity contribution is 8.10. The Morgan fingerprint density at radius 1 is 1.57 bits per heavy atom. The van der Waals surface area contributed by atoms with Crippen molar-refractivity contribution in [3.8, 4) is 0 Å². The van der Waals surface area contributed by atoms with Crippen LogP contribution in [-0.2, 0) is 11.2 Å². The molecule has 0 radical (unpaired) electrons. The van der Waals surface area contributed by atoms with Crippen LogP contribution in [0.15, 0.2) is 24.3 Å². The fourth-order valence-electron chi connectivity index (χ4n) is 2.20. The summed E-state index contributed by atoms with van der Waals surface area (Å²) in [4.78, 5) is 16.1. The Balaban J connectivity index is 2.11. The van der Waals surface area contributed by atoms with Gasteiger partial charge >= 0.3 is 0 Å². The number of thiol groups is 1. The molecule has 116 valence electrons. The smallest absolute Gasteiger partial charge is 0.251 e. The van der Waals surface area contributed by atoms with Crippen LogP contribution in [0.2, 0.25) is 0 Å². The molecule has 0 spiro atoms. The Labute approximate surface area is 133 Å². The molecule has 0 aromatic heterocycles. The molecule has 21 heavy (non-hydrogen) atoms. The van der Waals surface area contributed by atoms with Gasteiger partial charge < -0.3 is 0 Å². The van der Waals surface area contributed by atoms with Crippen LogP contribution >= 0.6 is 24.4 Å². The Morgan fingerprint density at radius 3 is 2.81 bits per heavy atom. The van der Waals surface area contributed by atoms with Crippen LogP contribution in [0, 0.1) is 5.82 Å². The van der Waals surface area contributed by atoms with Gasteiger partial charge in [0.15, 0.2) is 0 Å². The maximum atomic E-state index is 13.0. The predicted molar refractivity (Wildman–Crippen MR) is 85.9 cm³/mol. The maximum Gasteiger partial charge on any atom is 0.251 e. The third-order valence-electron chi connectivity index (χ3n) is 3.40. The molecule has 0 bridgehead atoms. The molecule has 1 aliphatic rings. The van der Waals surface area contributed by atoms with Crippen molar-refractivity contribution < 1.29 is 9.18 Å². The lowest BCUT2D eigenvalue weighted by molar-refractivity contribution is -0.127. The van der Waals surface area contributed by atoms with Gasteiger partial charge in [0.05, 0.1) is 12.7 Å². The van der Waals surface area contributed by atoms with Crippen molar-refractivity contribution in [2.24, 2.45) is 5.84 Å². The molecule has 3 N–H and O–H groups in total. The first kappa shape index (κ1) is 16.6. The summed E-state index contributed by atoms with van der Waals surface area (Å²) < 4.78 is 13.1. The van der Waals surface area contributed by atoms with Gasteiger partial charge in [-0.1, -0.05) is 12.1 Å². The van der Waals surface area contributed by atoms with E-state index in [-0.39, 0.29) is 16.4 Å². The van der Waals surface area contributed by atoms with Gasteiger partial charge in [-0.05, 0) is 31.2 Å². The van der Waals surface area contributed by atoms with Crippen molar-refractivity contribution >= 4 is 30.3 Å². The van der Waals surface area contributed by atoms with Gasteiger partial charge in [-0.25, -0.2) is 10.2 Å². The molecule has 8 heteroatoms. The fourth-order valence-corrected chi connectivity index (χ4v) is 3.38. The lowest BCUT2D eigenvalue weighted by atomic mass is 10.0. The summed E-state index contributed by atoms with van der Waals surface area (Å²) in [5, 5.41) is 0. The number of nitrogens with one attached hydrogen (secondary N) is 1. The van der Waals surface area contributed by atoms with Crippen LogP contribution in [0.5, 0.6) is 0 Å². The first-order valence-electron chi connectivity index (χ1n) is 6.50. The third-order valence-corrected chi connectivity index (χ3v) is 5.38. The number of hydrogen-bond acceptors (Lipinski definition) is 6. The second kappa shape index (κ2) is 7.46. The van der Waals surface area contributed by atoms with Crippen molar-refractivity contribution in [1.82, 2.24) is 15.2 Å². The standard InChI is InChI=1S/C13H19FN4OS2/c1-17-7-18(8-21-13(17)20)11(12(19)16-15)6-9-2-4-10(14)5-3-9/h2-5,11,13,20H,6-8,15H2,1H3,(H,16,19). The summed E-state index contributed by atoms with van der Waals surface area (Å²) in [7, 11) is 1.95. The van der Waals surface area contributed by atoms with Crippen LogP contribution < -0.4 is 11.3 Å². The highest BCUT2D eigenvalue weighted by atomic mass is 32.2. The van der Waals surface area contributed by atoms with Crippen molar-refractivity contribution in [2.45, 2.75) is 17.2 Å². The molecule has 1 aliphatic heterocycles. The zero-order valence-electron chi connectivity index (χ0n) is 11.7. The number of nitrogens with two attached hydrogens (primary N) is 1. The van der Waals surface area contributed by atoms with Gasteiger partial charge in [0, 0.05) is 5.88 Å². The molecule has 1 amide bonds. The summed E-state index contributed by atoms with van der Waals surface area (Å²) in [5.41, 5.74) is 3.11. The minimum atomic E-state index is -0.392. The second-order valence-electron chi connectivity index (χ2n) is 4.96. The number of hydrogen-bond donors (Lipinski definition) is 3. The number of benzene rings is 1. The molecule has 1 aromatic rings. The number of amides is 1. The van der Waals surface area contributed by atoms with Crippen molar-refractivity contribution in [1.29, 1.82) is 0 Å². The van der Waals surface area contributed by atoms with E-state index in [0.717, 1.165) is 5.56 Å². The van der Waals surface area contributed by atoms with Gasteiger partial charge in [-0.15, -0.1) is 24.4 Å². The number of nitrogens with zero attached hydrogens (tertiary/aromatic N) is 2. The molecule has 1 saturated heterocycles. The van der Waals surface area contributed by atoms with E-state index >= 15 is 0 Å². The van der Waals surface area contributed by atoms with E-state index < -0.39 is 6.04 Å². The third kappa shape index (κ3) is 4.33. The van der Waals surface area contributed by atoms with Gasteiger partial charge in [-0.2, -0.15) is 0 Å². The summed E-state index contributed by atoms with van der Waals surface area (Å²) >= 11 is 6.08. The Bertz CT molecular complexity index is 488. The average molecular weight is 330 g/mol. The number of hydrazine groups is 1. The zero-order chi connectivity index (χ0) is 15.4. The highest BCUT2D eigenvalue weighted by Crippen LogP contribution is 2.26. The Kier molecular flexibility index (Phi) is 5.88. The minimum Gasteiger partial charge on any atom is -0.293 e. The quantitative estimate of drug-likeness (QED) is 0.330. The molecule has 1 aromatic carbocycles. The number of carbonyl (C=O) groups excluding carboxylic acids is 1. The van der Waals surface area contributed by atoms with Crippen molar-refractivity contribution in [3.63, 3.8) is 0 Å². The number of rotatable bonds is 4.